The topological polar surface area (TPSA) is 49.4 Å². The molecule has 4 heteroatoms. The first-order valence-corrected chi connectivity index (χ1v) is 9.27. The van der Waals surface area contributed by atoms with Gasteiger partial charge in [0.15, 0.2) is 0 Å². The van der Waals surface area contributed by atoms with E-state index in [0.717, 1.165) is 19.3 Å². The Balaban J connectivity index is 1.82. The highest BCUT2D eigenvalue weighted by Crippen LogP contribution is 2.26. The number of hydrogen-bond donors (Lipinski definition) is 1. The van der Waals surface area contributed by atoms with Gasteiger partial charge in [0.25, 0.3) is 0 Å². The third-order valence-corrected chi connectivity index (χ3v) is 5.57. The summed E-state index contributed by atoms with van der Waals surface area (Å²) < 4.78 is 0. The molecule has 0 saturated heterocycles. The Morgan fingerprint density at radius 3 is 2.54 bits per heavy atom. The molecule has 1 heterocycles. The molecule has 1 saturated carbocycles. The molecule has 130 valence electrons. The fraction of sp³-hybridized carbons (Fsp3) is 0.600. The highest BCUT2D eigenvalue weighted by Gasteiger charge is 2.36. The fourth-order valence-electron chi connectivity index (χ4n) is 3.81. The molecule has 3 rings (SSSR count). The molecule has 0 unspecified atom stereocenters. The Labute approximate surface area is 144 Å². The summed E-state index contributed by atoms with van der Waals surface area (Å²) in [5.74, 6) is 0.0728. The van der Waals surface area contributed by atoms with Crippen molar-refractivity contribution in [2.45, 2.75) is 71.0 Å². The molecule has 2 aliphatic rings. The molecule has 2 atom stereocenters. The minimum atomic E-state index is -0.373. The first-order valence-electron chi connectivity index (χ1n) is 9.27. The van der Waals surface area contributed by atoms with Gasteiger partial charge in [-0.05, 0) is 30.4 Å². The third kappa shape index (κ3) is 3.47. The summed E-state index contributed by atoms with van der Waals surface area (Å²) in [5, 5.41) is 3.19. The molecule has 24 heavy (non-hydrogen) atoms. The monoisotopic (exact) mass is 328 g/mol. The summed E-state index contributed by atoms with van der Waals surface area (Å²) >= 11 is 0. The lowest BCUT2D eigenvalue weighted by Crippen LogP contribution is -2.55. The van der Waals surface area contributed by atoms with E-state index >= 15 is 0 Å². The number of nitrogens with zero attached hydrogens (tertiary/aromatic N) is 1. The largest absolute Gasteiger partial charge is 0.352 e. The van der Waals surface area contributed by atoms with Crippen LogP contribution in [0.1, 0.15) is 57.1 Å². The Morgan fingerprint density at radius 1 is 1.21 bits per heavy atom. The van der Waals surface area contributed by atoms with Gasteiger partial charge in [-0.2, -0.15) is 0 Å². The number of fused-ring (bicyclic) bond motifs is 1. The van der Waals surface area contributed by atoms with E-state index in [2.05, 4.69) is 17.4 Å². The van der Waals surface area contributed by atoms with Crippen LogP contribution in [0.4, 0.5) is 0 Å². The molecule has 1 aromatic carbocycles. The molecular weight excluding hydrogens is 300 g/mol. The highest BCUT2D eigenvalue weighted by atomic mass is 16.2. The van der Waals surface area contributed by atoms with Crippen molar-refractivity contribution in [3.8, 4) is 0 Å². The van der Waals surface area contributed by atoms with Crippen LogP contribution in [0.25, 0.3) is 0 Å². The summed E-state index contributed by atoms with van der Waals surface area (Å²) in [5.41, 5.74) is 2.36. The second kappa shape index (κ2) is 7.37. The number of carbonyl (C=O) groups is 2. The second-order valence-electron chi connectivity index (χ2n) is 7.25. The standard InChI is InChI=1S/C20H28N2O2/c1-3-14(2)20(24)22-13-16-9-5-4-8-15(16)12-18(22)19(23)21-17-10-6-7-11-17/h4-5,8-9,14,17-18H,3,6-7,10-13H2,1-2H3,(H,21,23)/t14-,18+/m0/s1. The van der Waals surface area contributed by atoms with E-state index in [-0.39, 0.29) is 29.8 Å². The van der Waals surface area contributed by atoms with Crippen molar-refractivity contribution in [3.63, 3.8) is 0 Å². The van der Waals surface area contributed by atoms with Crippen LogP contribution >= 0.6 is 0 Å². The van der Waals surface area contributed by atoms with Crippen molar-refractivity contribution in [2.75, 3.05) is 0 Å². The van der Waals surface area contributed by atoms with Gasteiger partial charge in [-0.3, -0.25) is 9.59 Å². The number of amides is 2. The molecule has 1 fully saturated rings. The lowest BCUT2D eigenvalue weighted by Gasteiger charge is -2.38. The molecular formula is C20H28N2O2. The van der Waals surface area contributed by atoms with Gasteiger partial charge >= 0.3 is 0 Å². The summed E-state index contributed by atoms with van der Waals surface area (Å²) in [6.45, 7) is 4.52. The molecule has 4 nitrogen and oxygen atoms in total. The zero-order valence-corrected chi connectivity index (χ0v) is 14.8. The summed E-state index contributed by atoms with van der Waals surface area (Å²) in [7, 11) is 0. The molecule has 0 spiro atoms. The minimum Gasteiger partial charge on any atom is -0.352 e. The Morgan fingerprint density at radius 2 is 1.88 bits per heavy atom. The summed E-state index contributed by atoms with van der Waals surface area (Å²) in [4.78, 5) is 27.5. The maximum Gasteiger partial charge on any atom is 0.243 e. The maximum atomic E-state index is 12.9. The molecule has 0 aromatic heterocycles. The van der Waals surface area contributed by atoms with Crippen LogP contribution in [-0.4, -0.2) is 28.8 Å². The van der Waals surface area contributed by atoms with E-state index in [1.165, 1.54) is 24.0 Å². The van der Waals surface area contributed by atoms with Crippen LogP contribution in [0.5, 0.6) is 0 Å². The lowest BCUT2D eigenvalue weighted by molar-refractivity contribution is -0.145. The maximum absolute atomic E-state index is 12.9. The average molecular weight is 328 g/mol. The van der Waals surface area contributed by atoms with Crippen LogP contribution in [0.3, 0.4) is 0 Å². The van der Waals surface area contributed by atoms with Gasteiger partial charge in [0.1, 0.15) is 6.04 Å². The van der Waals surface area contributed by atoms with Gasteiger partial charge in [-0.1, -0.05) is 51.0 Å². The van der Waals surface area contributed by atoms with Crippen LogP contribution in [0, 0.1) is 5.92 Å². The lowest BCUT2D eigenvalue weighted by atomic mass is 9.91. The van der Waals surface area contributed by atoms with Crippen molar-refractivity contribution in [1.29, 1.82) is 0 Å². The molecule has 0 radical (unpaired) electrons. The van der Waals surface area contributed by atoms with Crippen LogP contribution in [0.2, 0.25) is 0 Å². The molecule has 1 aliphatic heterocycles. The molecule has 1 aliphatic carbocycles. The summed E-state index contributed by atoms with van der Waals surface area (Å²) in [6, 6.07) is 8.07. The summed E-state index contributed by atoms with van der Waals surface area (Å²) in [6.07, 6.45) is 5.93. The van der Waals surface area contributed by atoms with Crippen molar-refractivity contribution in [3.05, 3.63) is 35.4 Å². The quantitative estimate of drug-likeness (QED) is 0.923. The Hall–Kier alpha value is -1.84. The van der Waals surface area contributed by atoms with Crippen molar-refractivity contribution in [1.82, 2.24) is 10.2 Å². The van der Waals surface area contributed by atoms with Gasteiger partial charge in [-0.15, -0.1) is 0 Å². The molecule has 1 N–H and O–H groups in total. The molecule has 1 aromatic rings. The smallest absolute Gasteiger partial charge is 0.243 e. The predicted octanol–water partition coefficient (Wildman–Crippen LogP) is 3.04. The van der Waals surface area contributed by atoms with E-state index in [1.807, 2.05) is 26.0 Å². The van der Waals surface area contributed by atoms with Crippen LogP contribution in [-0.2, 0) is 22.6 Å². The van der Waals surface area contributed by atoms with Gasteiger partial charge < -0.3 is 10.2 Å². The van der Waals surface area contributed by atoms with Gasteiger partial charge in [0, 0.05) is 24.9 Å². The Kier molecular flexibility index (Phi) is 5.22. The number of carbonyl (C=O) groups excluding carboxylic acids is 2. The highest BCUT2D eigenvalue weighted by molar-refractivity contribution is 5.89. The van der Waals surface area contributed by atoms with Gasteiger partial charge in [0.2, 0.25) is 11.8 Å². The normalized spacial score (nSPS) is 22.1. The van der Waals surface area contributed by atoms with E-state index in [1.54, 1.807) is 4.90 Å². The first kappa shape index (κ1) is 17.0. The van der Waals surface area contributed by atoms with E-state index in [0.29, 0.717) is 13.0 Å². The van der Waals surface area contributed by atoms with E-state index in [4.69, 9.17) is 0 Å². The van der Waals surface area contributed by atoms with Crippen LogP contribution < -0.4 is 5.32 Å². The zero-order chi connectivity index (χ0) is 17.1. The van der Waals surface area contributed by atoms with Crippen molar-refractivity contribution in [2.24, 2.45) is 5.92 Å². The zero-order valence-electron chi connectivity index (χ0n) is 14.8. The number of benzene rings is 1. The molecule has 0 bridgehead atoms. The van der Waals surface area contributed by atoms with Gasteiger partial charge in [0.05, 0.1) is 0 Å². The first-order chi connectivity index (χ1) is 11.6. The van der Waals surface area contributed by atoms with E-state index in [9.17, 15) is 9.59 Å². The van der Waals surface area contributed by atoms with Crippen molar-refractivity contribution < 1.29 is 9.59 Å². The van der Waals surface area contributed by atoms with Crippen molar-refractivity contribution >= 4 is 11.8 Å². The number of hydrogen-bond acceptors (Lipinski definition) is 2. The van der Waals surface area contributed by atoms with Gasteiger partial charge in [-0.25, -0.2) is 0 Å². The number of rotatable bonds is 4. The SMILES string of the molecule is CC[C@H](C)C(=O)N1Cc2ccccc2C[C@@H]1C(=O)NC1CCCC1. The minimum absolute atomic E-state index is 0.0213. The van der Waals surface area contributed by atoms with Crippen LogP contribution in [0.15, 0.2) is 24.3 Å². The number of nitrogens with one attached hydrogen (secondary N) is 1. The average Bonchev–Trinajstić information content (AvgIpc) is 3.12. The fourth-order valence-corrected chi connectivity index (χ4v) is 3.81. The Bertz CT molecular complexity index is 607. The molecule has 2 amide bonds. The third-order valence-electron chi connectivity index (χ3n) is 5.57. The van der Waals surface area contributed by atoms with E-state index < -0.39 is 0 Å². The second-order valence-corrected chi connectivity index (χ2v) is 7.25. The predicted molar refractivity (Wildman–Crippen MR) is 94.3 cm³/mol.